The zero-order chi connectivity index (χ0) is 18.5. The number of nitrogens with one attached hydrogen (secondary N) is 1. The number of benzene rings is 2. The molecule has 1 N–H and O–H groups in total. The molecule has 5 nitrogen and oxygen atoms in total. The molecule has 0 spiro atoms. The van der Waals surface area contributed by atoms with Gasteiger partial charge in [0.15, 0.2) is 0 Å². The maximum Gasteiger partial charge on any atom is 0.243 e. The van der Waals surface area contributed by atoms with E-state index in [0.717, 1.165) is 22.6 Å². The molecular weight excluding hydrogens is 326 g/mol. The number of oxime groups is 1. The van der Waals surface area contributed by atoms with Crippen molar-refractivity contribution in [1.82, 2.24) is 0 Å². The summed E-state index contributed by atoms with van der Waals surface area (Å²) in [5, 5.41) is 7.01. The van der Waals surface area contributed by atoms with Crippen LogP contribution in [-0.4, -0.2) is 18.2 Å². The average Bonchev–Trinajstić information content (AvgIpc) is 2.61. The van der Waals surface area contributed by atoms with E-state index in [0.29, 0.717) is 25.3 Å². The Morgan fingerprint density at radius 1 is 1.19 bits per heavy atom. The third-order valence-corrected chi connectivity index (χ3v) is 4.04. The quantitative estimate of drug-likeness (QED) is 0.485. The molecular formula is C21H23N3O2. The minimum Gasteiger partial charge on any atom is -0.362 e. The Balaban J connectivity index is 1.83. The van der Waals surface area contributed by atoms with Crippen molar-refractivity contribution in [3.8, 4) is 0 Å². The largest absolute Gasteiger partial charge is 0.362 e. The SMILES string of the molecule is C=C(C)O/N=C(/C)Cc1ccc2c(c1)N(Cc1ccccc1)CC(=O)N2. The van der Waals surface area contributed by atoms with Crippen LogP contribution >= 0.6 is 0 Å². The predicted octanol–water partition coefficient (Wildman–Crippen LogP) is 4.11. The van der Waals surface area contributed by atoms with Crippen molar-refractivity contribution >= 4 is 23.0 Å². The lowest BCUT2D eigenvalue weighted by atomic mass is 10.0. The van der Waals surface area contributed by atoms with Gasteiger partial charge in [-0.15, -0.1) is 0 Å². The zero-order valence-electron chi connectivity index (χ0n) is 15.2. The van der Waals surface area contributed by atoms with Gasteiger partial charge in [-0.3, -0.25) is 4.79 Å². The van der Waals surface area contributed by atoms with Crippen molar-refractivity contribution in [3.05, 3.63) is 72.0 Å². The molecule has 1 aliphatic heterocycles. The third-order valence-electron chi connectivity index (χ3n) is 4.04. The number of hydrogen-bond acceptors (Lipinski definition) is 4. The second kappa shape index (κ2) is 7.87. The Hall–Kier alpha value is -3.08. The van der Waals surface area contributed by atoms with Gasteiger partial charge in [-0.25, -0.2) is 0 Å². The topological polar surface area (TPSA) is 53.9 Å². The van der Waals surface area contributed by atoms with Gasteiger partial charge in [0.25, 0.3) is 0 Å². The smallest absolute Gasteiger partial charge is 0.243 e. The van der Waals surface area contributed by atoms with Gasteiger partial charge in [-0.05, 0) is 37.1 Å². The highest BCUT2D eigenvalue weighted by Crippen LogP contribution is 2.32. The molecule has 26 heavy (non-hydrogen) atoms. The first-order chi connectivity index (χ1) is 12.5. The number of hydrogen-bond donors (Lipinski definition) is 1. The van der Waals surface area contributed by atoms with E-state index in [1.54, 1.807) is 6.92 Å². The van der Waals surface area contributed by atoms with Crippen molar-refractivity contribution in [2.75, 3.05) is 16.8 Å². The van der Waals surface area contributed by atoms with Crippen LogP contribution in [0.15, 0.2) is 66.0 Å². The summed E-state index contributed by atoms with van der Waals surface area (Å²) in [4.78, 5) is 19.3. The number of fused-ring (bicyclic) bond motifs is 1. The van der Waals surface area contributed by atoms with Crippen molar-refractivity contribution in [2.45, 2.75) is 26.8 Å². The first-order valence-corrected chi connectivity index (χ1v) is 8.59. The summed E-state index contributed by atoms with van der Waals surface area (Å²) in [6.45, 7) is 8.39. The van der Waals surface area contributed by atoms with E-state index < -0.39 is 0 Å². The van der Waals surface area contributed by atoms with Crippen LogP contribution in [0.1, 0.15) is 25.0 Å². The van der Waals surface area contributed by atoms with E-state index in [2.05, 4.69) is 40.2 Å². The number of anilines is 2. The molecule has 0 saturated carbocycles. The first-order valence-electron chi connectivity index (χ1n) is 8.59. The van der Waals surface area contributed by atoms with Gasteiger partial charge in [-0.1, -0.05) is 48.1 Å². The number of carbonyl (C=O) groups excluding carboxylic acids is 1. The van der Waals surface area contributed by atoms with Crippen LogP contribution in [0.4, 0.5) is 11.4 Å². The minimum atomic E-state index is 0.00813. The number of rotatable bonds is 6. The number of allylic oxidation sites excluding steroid dienone is 1. The summed E-state index contributed by atoms with van der Waals surface area (Å²) >= 11 is 0. The fourth-order valence-corrected chi connectivity index (χ4v) is 2.93. The summed E-state index contributed by atoms with van der Waals surface area (Å²) in [7, 11) is 0. The second-order valence-corrected chi connectivity index (χ2v) is 6.54. The first kappa shape index (κ1) is 17.7. The maximum atomic E-state index is 12.0. The van der Waals surface area contributed by atoms with Gasteiger partial charge in [0.05, 0.1) is 23.6 Å². The van der Waals surface area contributed by atoms with Crippen molar-refractivity contribution in [3.63, 3.8) is 0 Å². The molecule has 0 atom stereocenters. The van der Waals surface area contributed by atoms with Crippen LogP contribution in [0, 0.1) is 0 Å². The lowest BCUT2D eigenvalue weighted by Gasteiger charge is -2.31. The molecule has 0 unspecified atom stereocenters. The summed E-state index contributed by atoms with van der Waals surface area (Å²) < 4.78 is 0. The molecule has 2 aromatic rings. The summed E-state index contributed by atoms with van der Waals surface area (Å²) in [5.74, 6) is 0.570. The monoisotopic (exact) mass is 349 g/mol. The van der Waals surface area contributed by atoms with Gasteiger partial charge in [0, 0.05) is 13.0 Å². The number of nitrogens with zero attached hydrogens (tertiary/aromatic N) is 2. The van der Waals surface area contributed by atoms with Crippen LogP contribution in [0.3, 0.4) is 0 Å². The molecule has 1 heterocycles. The molecule has 0 aromatic heterocycles. The number of carbonyl (C=O) groups is 1. The summed E-state index contributed by atoms with van der Waals surface area (Å²) in [6, 6.07) is 16.2. The molecule has 3 rings (SSSR count). The lowest BCUT2D eigenvalue weighted by molar-refractivity contribution is -0.115. The molecule has 1 aliphatic rings. The van der Waals surface area contributed by atoms with E-state index in [9.17, 15) is 4.79 Å². The maximum absolute atomic E-state index is 12.0. The van der Waals surface area contributed by atoms with E-state index >= 15 is 0 Å². The van der Waals surface area contributed by atoms with Gasteiger partial charge in [0.2, 0.25) is 5.91 Å². The zero-order valence-corrected chi connectivity index (χ0v) is 15.2. The van der Waals surface area contributed by atoms with Crippen LogP contribution < -0.4 is 10.2 Å². The molecule has 5 heteroatoms. The van der Waals surface area contributed by atoms with Crippen LogP contribution in [0.2, 0.25) is 0 Å². The highest BCUT2D eigenvalue weighted by Gasteiger charge is 2.22. The molecule has 0 bridgehead atoms. The molecule has 2 aromatic carbocycles. The van der Waals surface area contributed by atoms with Gasteiger partial charge in [-0.2, -0.15) is 0 Å². The molecule has 0 aliphatic carbocycles. The van der Waals surface area contributed by atoms with Gasteiger partial charge >= 0.3 is 0 Å². The minimum absolute atomic E-state index is 0.00813. The molecule has 0 fully saturated rings. The number of amides is 1. The Morgan fingerprint density at radius 3 is 2.69 bits per heavy atom. The van der Waals surface area contributed by atoms with Gasteiger partial charge in [0.1, 0.15) is 5.76 Å². The predicted molar refractivity (Wildman–Crippen MR) is 105 cm³/mol. The Kier molecular flexibility index (Phi) is 5.37. The second-order valence-electron chi connectivity index (χ2n) is 6.54. The van der Waals surface area contributed by atoms with Crippen molar-refractivity contribution in [2.24, 2.45) is 5.16 Å². The Morgan fingerprint density at radius 2 is 1.96 bits per heavy atom. The average molecular weight is 349 g/mol. The van der Waals surface area contributed by atoms with Gasteiger partial charge < -0.3 is 15.1 Å². The fourth-order valence-electron chi connectivity index (χ4n) is 2.93. The summed E-state index contributed by atoms with van der Waals surface area (Å²) in [5.41, 5.74) is 5.02. The van der Waals surface area contributed by atoms with E-state index in [-0.39, 0.29) is 5.91 Å². The fraction of sp³-hybridized carbons (Fsp3) is 0.238. The van der Waals surface area contributed by atoms with Crippen molar-refractivity contribution < 1.29 is 9.63 Å². The van der Waals surface area contributed by atoms with E-state index in [1.165, 1.54) is 5.56 Å². The lowest BCUT2D eigenvalue weighted by Crippen LogP contribution is -2.37. The molecule has 134 valence electrons. The van der Waals surface area contributed by atoms with Crippen LogP contribution in [0.5, 0.6) is 0 Å². The third kappa shape index (κ3) is 4.51. The summed E-state index contributed by atoms with van der Waals surface area (Å²) in [6.07, 6.45) is 0.674. The molecule has 0 saturated heterocycles. The highest BCUT2D eigenvalue weighted by molar-refractivity contribution is 6.01. The Labute approximate surface area is 154 Å². The van der Waals surface area contributed by atoms with Crippen LogP contribution in [0.25, 0.3) is 0 Å². The Bertz CT molecular complexity index is 844. The normalized spacial score (nSPS) is 13.8. The van der Waals surface area contributed by atoms with Crippen molar-refractivity contribution in [1.29, 1.82) is 0 Å². The molecule has 0 radical (unpaired) electrons. The highest BCUT2D eigenvalue weighted by atomic mass is 16.6. The van der Waals surface area contributed by atoms with E-state index in [1.807, 2.05) is 37.3 Å². The standard InChI is InChI=1S/C21H23N3O2/c1-15(2)26-23-16(3)11-18-9-10-19-20(12-18)24(14-21(25)22-19)13-17-7-5-4-6-8-17/h4-10,12H,1,11,13-14H2,2-3H3,(H,22,25)/b23-16-. The molecule has 1 amide bonds. The van der Waals surface area contributed by atoms with Crippen LogP contribution in [-0.2, 0) is 22.6 Å². The van der Waals surface area contributed by atoms with E-state index in [4.69, 9.17) is 4.84 Å².